The number of para-hydroxylation sites is 2. The first-order valence-corrected chi connectivity index (χ1v) is 6.29. The summed E-state index contributed by atoms with van der Waals surface area (Å²) < 4.78 is 0. The highest BCUT2D eigenvalue weighted by molar-refractivity contribution is 5.94. The van der Waals surface area contributed by atoms with Gasteiger partial charge in [0.1, 0.15) is 5.75 Å². The number of hydrogen-bond acceptors (Lipinski definition) is 5. The van der Waals surface area contributed by atoms with Crippen LogP contribution in [0.4, 0.5) is 5.82 Å². The Labute approximate surface area is 120 Å². The van der Waals surface area contributed by atoms with E-state index < -0.39 is 0 Å². The summed E-state index contributed by atoms with van der Waals surface area (Å²) in [5.41, 5.74) is 7.19. The molecule has 3 N–H and O–H groups in total. The molecule has 0 spiro atoms. The van der Waals surface area contributed by atoms with Gasteiger partial charge in [0.05, 0.1) is 17.2 Å². The van der Waals surface area contributed by atoms with E-state index in [-0.39, 0.29) is 11.7 Å². The average molecular weight is 280 g/mol. The summed E-state index contributed by atoms with van der Waals surface area (Å²) in [6, 6.07) is 13.4. The Morgan fingerprint density at radius 3 is 2.48 bits per heavy atom. The molecule has 0 aliphatic heterocycles. The number of hydrogen-bond donors (Lipinski definition) is 3. The highest BCUT2D eigenvalue weighted by Gasteiger charge is 2.05. The number of anilines is 1. The Morgan fingerprint density at radius 1 is 1.00 bits per heavy atom. The third kappa shape index (κ3) is 2.89. The first-order chi connectivity index (χ1) is 10.2. The molecule has 0 aliphatic rings. The van der Waals surface area contributed by atoms with E-state index in [1.807, 2.05) is 24.3 Å². The molecule has 104 valence electrons. The van der Waals surface area contributed by atoms with Crippen LogP contribution in [-0.4, -0.2) is 21.0 Å². The van der Waals surface area contributed by atoms with Gasteiger partial charge in [-0.2, -0.15) is 0 Å². The number of phenols is 1. The molecule has 0 aliphatic carbocycles. The van der Waals surface area contributed by atoms with Gasteiger partial charge in [-0.1, -0.05) is 12.1 Å². The number of aromatic hydroxyl groups is 1. The standard InChI is InChI=1S/C15H12N4O2/c20-11-7-5-10(6-8-11)15(21)19-18-14-9-16-12-3-1-2-4-13(12)17-14/h1-9,20H,(H,17,18)(H,19,21). The molecular formula is C15H12N4O2. The van der Waals surface area contributed by atoms with E-state index in [0.717, 1.165) is 11.0 Å². The molecule has 0 radical (unpaired) electrons. The SMILES string of the molecule is O=C(NNc1cnc2ccccc2n1)c1ccc(O)cc1. The van der Waals surface area contributed by atoms with Crippen LogP contribution in [0.25, 0.3) is 11.0 Å². The highest BCUT2D eigenvalue weighted by Crippen LogP contribution is 2.11. The van der Waals surface area contributed by atoms with Crippen molar-refractivity contribution in [2.45, 2.75) is 0 Å². The van der Waals surface area contributed by atoms with Crippen molar-refractivity contribution in [1.82, 2.24) is 15.4 Å². The maximum Gasteiger partial charge on any atom is 0.269 e. The van der Waals surface area contributed by atoms with E-state index in [4.69, 9.17) is 0 Å². The van der Waals surface area contributed by atoms with Crippen molar-refractivity contribution in [1.29, 1.82) is 0 Å². The number of hydrazine groups is 1. The smallest absolute Gasteiger partial charge is 0.269 e. The molecule has 6 heteroatoms. The van der Waals surface area contributed by atoms with Crippen LogP contribution >= 0.6 is 0 Å². The van der Waals surface area contributed by atoms with Gasteiger partial charge in [-0.25, -0.2) is 4.98 Å². The van der Waals surface area contributed by atoms with Crippen LogP contribution in [0.15, 0.2) is 54.7 Å². The molecule has 0 saturated heterocycles. The summed E-state index contributed by atoms with van der Waals surface area (Å²) in [7, 11) is 0. The monoisotopic (exact) mass is 280 g/mol. The van der Waals surface area contributed by atoms with E-state index >= 15 is 0 Å². The van der Waals surface area contributed by atoms with Crippen molar-refractivity contribution in [2.75, 3.05) is 5.43 Å². The minimum absolute atomic E-state index is 0.111. The van der Waals surface area contributed by atoms with Crippen LogP contribution in [0.5, 0.6) is 5.75 Å². The second-order valence-corrected chi connectivity index (χ2v) is 4.37. The number of rotatable bonds is 3. The lowest BCUT2D eigenvalue weighted by Crippen LogP contribution is -2.29. The van der Waals surface area contributed by atoms with Gasteiger partial charge < -0.3 is 5.11 Å². The molecule has 0 unspecified atom stereocenters. The molecule has 1 aromatic heterocycles. The summed E-state index contributed by atoms with van der Waals surface area (Å²) in [5, 5.41) is 9.18. The molecule has 21 heavy (non-hydrogen) atoms. The molecule has 0 fully saturated rings. The van der Waals surface area contributed by atoms with Gasteiger partial charge in [-0.05, 0) is 36.4 Å². The van der Waals surface area contributed by atoms with Crippen LogP contribution in [0.3, 0.4) is 0 Å². The highest BCUT2D eigenvalue weighted by atomic mass is 16.3. The lowest BCUT2D eigenvalue weighted by molar-refractivity contribution is 0.0962. The molecular weight excluding hydrogens is 268 g/mol. The van der Waals surface area contributed by atoms with Gasteiger partial charge in [-0.3, -0.25) is 20.6 Å². The van der Waals surface area contributed by atoms with Crippen LogP contribution in [0.1, 0.15) is 10.4 Å². The number of aromatic nitrogens is 2. The van der Waals surface area contributed by atoms with Crippen molar-refractivity contribution in [3.05, 3.63) is 60.3 Å². The van der Waals surface area contributed by atoms with Crippen LogP contribution in [-0.2, 0) is 0 Å². The molecule has 2 aromatic carbocycles. The normalized spacial score (nSPS) is 10.3. The second kappa shape index (κ2) is 5.46. The molecule has 0 bridgehead atoms. The fraction of sp³-hybridized carbons (Fsp3) is 0. The molecule has 1 heterocycles. The maximum absolute atomic E-state index is 11.9. The number of fused-ring (bicyclic) bond motifs is 1. The number of nitrogens with one attached hydrogen (secondary N) is 2. The third-order valence-corrected chi connectivity index (χ3v) is 2.88. The third-order valence-electron chi connectivity index (χ3n) is 2.88. The van der Waals surface area contributed by atoms with Gasteiger partial charge in [-0.15, -0.1) is 0 Å². The molecule has 0 saturated carbocycles. The number of carbonyl (C=O) groups excluding carboxylic acids is 1. The number of nitrogens with zero attached hydrogens (tertiary/aromatic N) is 2. The van der Waals surface area contributed by atoms with Gasteiger partial charge in [0.2, 0.25) is 0 Å². The molecule has 6 nitrogen and oxygen atoms in total. The van der Waals surface area contributed by atoms with E-state index in [0.29, 0.717) is 11.4 Å². The Balaban J connectivity index is 1.71. The molecule has 0 atom stereocenters. The summed E-state index contributed by atoms with van der Waals surface area (Å²) >= 11 is 0. The Kier molecular flexibility index (Phi) is 3.34. The fourth-order valence-corrected chi connectivity index (χ4v) is 1.82. The van der Waals surface area contributed by atoms with E-state index in [9.17, 15) is 9.90 Å². The fourth-order valence-electron chi connectivity index (χ4n) is 1.82. The van der Waals surface area contributed by atoms with Gasteiger partial charge in [0.15, 0.2) is 5.82 Å². The van der Waals surface area contributed by atoms with E-state index in [1.54, 1.807) is 6.20 Å². The average Bonchev–Trinajstić information content (AvgIpc) is 2.53. The number of carbonyl (C=O) groups is 1. The predicted molar refractivity (Wildman–Crippen MR) is 78.7 cm³/mol. The Morgan fingerprint density at radius 2 is 1.71 bits per heavy atom. The van der Waals surface area contributed by atoms with Crippen molar-refractivity contribution in [2.24, 2.45) is 0 Å². The summed E-state index contributed by atoms with van der Waals surface area (Å²) in [4.78, 5) is 20.5. The van der Waals surface area contributed by atoms with E-state index in [1.165, 1.54) is 24.3 Å². The first-order valence-electron chi connectivity index (χ1n) is 6.29. The zero-order chi connectivity index (χ0) is 14.7. The van der Waals surface area contributed by atoms with Gasteiger partial charge in [0, 0.05) is 5.56 Å². The van der Waals surface area contributed by atoms with Crippen molar-refractivity contribution < 1.29 is 9.90 Å². The Bertz CT molecular complexity index is 787. The van der Waals surface area contributed by atoms with E-state index in [2.05, 4.69) is 20.8 Å². The number of amides is 1. The van der Waals surface area contributed by atoms with Crippen molar-refractivity contribution in [3.63, 3.8) is 0 Å². The Hall–Kier alpha value is -3.15. The van der Waals surface area contributed by atoms with Crippen molar-refractivity contribution in [3.8, 4) is 5.75 Å². The zero-order valence-electron chi connectivity index (χ0n) is 10.9. The quantitative estimate of drug-likeness (QED) is 0.639. The van der Waals surface area contributed by atoms with Crippen molar-refractivity contribution >= 4 is 22.8 Å². The molecule has 1 amide bonds. The number of phenolic OH excluding ortho intramolecular Hbond substituents is 1. The maximum atomic E-state index is 11.9. The van der Waals surface area contributed by atoms with Crippen LogP contribution in [0.2, 0.25) is 0 Å². The lowest BCUT2D eigenvalue weighted by Gasteiger charge is -2.08. The number of benzene rings is 2. The first kappa shape index (κ1) is 12.9. The summed E-state index contributed by atoms with van der Waals surface area (Å²) in [6.07, 6.45) is 1.54. The van der Waals surface area contributed by atoms with Crippen LogP contribution < -0.4 is 10.9 Å². The second-order valence-electron chi connectivity index (χ2n) is 4.37. The van der Waals surface area contributed by atoms with Gasteiger partial charge >= 0.3 is 0 Å². The van der Waals surface area contributed by atoms with Gasteiger partial charge in [0.25, 0.3) is 5.91 Å². The topological polar surface area (TPSA) is 87.1 Å². The summed E-state index contributed by atoms with van der Waals surface area (Å²) in [6.45, 7) is 0. The van der Waals surface area contributed by atoms with Crippen LogP contribution in [0, 0.1) is 0 Å². The largest absolute Gasteiger partial charge is 0.508 e. The lowest BCUT2D eigenvalue weighted by atomic mass is 10.2. The minimum Gasteiger partial charge on any atom is -0.508 e. The molecule has 3 rings (SSSR count). The molecule has 3 aromatic rings. The minimum atomic E-state index is -0.329. The summed E-state index contributed by atoms with van der Waals surface area (Å²) in [5.74, 6) is 0.227. The predicted octanol–water partition coefficient (Wildman–Crippen LogP) is 2.09. The zero-order valence-corrected chi connectivity index (χ0v) is 10.9.